The SMILES string of the molecule is CCN1CCS(=O)(=O)N(c2nc(C(=O)NCc3ccc(F)cc3)c(O)c3ncccc23)CC1=O. The normalized spacial score (nSPS) is 15.9. The van der Waals surface area contributed by atoms with Crippen LogP contribution in [0.3, 0.4) is 0 Å². The van der Waals surface area contributed by atoms with Gasteiger partial charge in [-0.3, -0.25) is 14.6 Å². The van der Waals surface area contributed by atoms with Crippen molar-refractivity contribution in [3.8, 4) is 5.75 Å². The molecule has 2 N–H and O–H groups in total. The summed E-state index contributed by atoms with van der Waals surface area (Å²) in [6.07, 6.45) is 1.38. The molecular weight excluding hydrogens is 465 g/mol. The van der Waals surface area contributed by atoms with Crippen molar-refractivity contribution in [2.24, 2.45) is 0 Å². The number of aromatic hydroxyl groups is 1. The fraction of sp³-hybridized carbons (Fsp3) is 0.273. The average molecular weight is 488 g/mol. The number of sulfonamides is 1. The number of likely N-dealkylation sites (N-methyl/N-ethyl adjacent to an activating group) is 1. The van der Waals surface area contributed by atoms with Crippen LogP contribution in [-0.4, -0.2) is 65.6 Å². The molecule has 1 aliphatic heterocycles. The molecular formula is C22H22FN5O5S. The maximum Gasteiger partial charge on any atom is 0.274 e. The highest BCUT2D eigenvalue weighted by molar-refractivity contribution is 7.92. The fourth-order valence-corrected chi connectivity index (χ4v) is 5.03. The maximum absolute atomic E-state index is 13.1. The number of hydrogen-bond donors (Lipinski definition) is 2. The highest BCUT2D eigenvalue weighted by Gasteiger charge is 2.35. The third-order valence-corrected chi connectivity index (χ3v) is 7.17. The van der Waals surface area contributed by atoms with Crippen LogP contribution < -0.4 is 9.62 Å². The molecule has 178 valence electrons. The molecule has 0 atom stereocenters. The number of nitrogens with one attached hydrogen (secondary N) is 1. The van der Waals surface area contributed by atoms with Crippen LogP contribution in [0.4, 0.5) is 10.2 Å². The molecule has 2 amide bonds. The highest BCUT2D eigenvalue weighted by atomic mass is 32.2. The molecule has 0 aliphatic carbocycles. The summed E-state index contributed by atoms with van der Waals surface area (Å²) in [5.74, 6) is -2.62. The summed E-state index contributed by atoms with van der Waals surface area (Å²) in [6, 6.07) is 8.52. The molecule has 0 radical (unpaired) electrons. The Morgan fingerprint density at radius 2 is 1.97 bits per heavy atom. The molecule has 1 saturated heterocycles. The van der Waals surface area contributed by atoms with Crippen LogP contribution in [0.1, 0.15) is 23.0 Å². The molecule has 1 aromatic carbocycles. The Labute approximate surface area is 195 Å². The molecule has 0 spiro atoms. The Bertz CT molecular complexity index is 1360. The molecule has 2 aromatic heterocycles. The average Bonchev–Trinajstić information content (AvgIpc) is 2.94. The summed E-state index contributed by atoms with van der Waals surface area (Å²) in [4.78, 5) is 35.3. The number of benzene rings is 1. The first-order valence-electron chi connectivity index (χ1n) is 10.5. The lowest BCUT2D eigenvalue weighted by molar-refractivity contribution is -0.128. The van der Waals surface area contributed by atoms with Crippen molar-refractivity contribution >= 4 is 38.6 Å². The van der Waals surface area contributed by atoms with E-state index in [1.807, 2.05) is 0 Å². The zero-order valence-electron chi connectivity index (χ0n) is 18.2. The standard InChI is InChI=1S/C22H22FN5O5S/c1-2-27-10-11-34(32,33)28(13-17(27)29)21-16-4-3-9-24-18(16)20(30)19(26-21)22(31)25-12-14-5-7-15(23)8-6-14/h3-9,30H,2,10-13H2,1H3,(H,25,31). The van der Waals surface area contributed by atoms with Gasteiger partial charge in [-0.2, -0.15) is 0 Å². The number of halogens is 1. The second-order valence-corrected chi connectivity index (χ2v) is 9.65. The molecule has 3 aromatic rings. The van der Waals surface area contributed by atoms with Crippen molar-refractivity contribution in [3.05, 3.63) is 59.7 Å². The van der Waals surface area contributed by atoms with E-state index >= 15 is 0 Å². The Balaban J connectivity index is 1.76. The minimum absolute atomic E-state index is 0.0157. The van der Waals surface area contributed by atoms with Crippen LogP contribution >= 0.6 is 0 Å². The molecule has 0 saturated carbocycles. The molecule has 34 heavy (non-hydrogen) atoms. The molecule has 1 aliphatic rings. The van der Waals surface area contributed by atoms with Crippen LogP contribution in [0.2, 0.25) is 0 Å². The molecule has 3 heterocycles. The second-order valence-electron chi connectivity index (χ2n) is 7.64. The Morgan fingerprint density at radius 3 is 2.68 bits per heavy atom. The summed E-state index contributed by atoms with van der Waals surface area (Å²) in [5.41, 5.74) is 0.134. The third-order valence-electron chi connectivity index (χ3n) is 5.50. The van der Waals surface area contributed by atoms with Gasteiger partial charge in [0.05, 0.1) is 5.75 Å². The van der Waals surface area contributed by atoms with Crippen LogP contribution in [0.15, 0.2) is 42.6 Å². The predicted molar refractivity (Wildman–Crippen MR) is 122 cm³/mol. The van der Waals surface area contributed by atoms with Gasteiger partial charge in [-0.15, -0.1) is 0 Å². The molecule has 12 heteroatoms. The summed E-state index contributed by atoms with van der Waals surface area (Å²) in [7, 11) is -3.96. The number of carbonyl (C=O) groups excluding carboxylic acids is 2. The van der Waals surface area contributed by atoms with E-state index in [1.165, 1.54) is 47.5 Å². The van der Waals surface area contributed by atoms with Gasteiger partial charge in [0, 0.05) is 31.2 Å². The van der Waals surface area contributed by atoms with E-state index in [4.69, 9.17) is 0 Å². The predicted octanol–water partition coefficient (Wildman–Crippen LogP) is 1.40. The number of aromatic nitrogens is 2. The van der Waals surface area contributed by atoms with E-state index in [1.54, 1.807) is 6.92 Å². The van der Waals surface area contributed by atoms with Crippen LogP contribution in [0.25, 0.3) is 10.9 Å². The van der Waals surface area contributed by atoms with Gasteiger partial charge in [-0.05, 0) is 36.8 Å². The van der Waals surface area contributed by atoms with E-state index in [9.17, 15) is 27.5 Å². The van der Waals surface area contributed by atoms with Crippen molar-refractivity contribution in [1.29, 1.82) is 0 Å². The number of carbonyl (C=O) groups is 2. The van der Waals surface area contributed by atoms with Crippen molar-refractivity contribution in [2.75, 3.05) is 29.7 Å². The topological polar surface area (TPSA) is 133 Å². The lowest BCUT2D eigenvalue weighted by Gasteiger charge is -2.23. The summed E-state index contributed by atoms with van der Waals surface area (Å²) >= 11 is 0. The smallest absolute Gasteiger partial charge is 0.274 e. The number of pyridine rings is 2. The first-order chi connectivity index (χ1) is 16.2. The number of fused-ring (bicyclic) bond motifs is 1. The van der Waals surface area contributed by atoms with Crippen LogP contribution in [0.5, 0.6) is 5.75 Å². The molecule has 0 unspecified atom stereocenters. The van der Waals surface area contributed by atoms with Gasteiger partial charge in [0.2, 0.25) is 15.9 Å². The summed E-state index contributed by atoms with van der Waals surface area (Å²) in [6.45, 7) is 1.66. The number of nitrogens with zero attached hydrogens (tertiary/aromatic N) is 4. The van der Waals surface area contributed by atoms with Gasteiger partial charge in [-0.1, -0.05) is 12.1 Å². The zero-order chi connectivity index (χ0) is 24.5. The van der Waals surface area contributed by atoms with Gasteiger partial charge in [0.25, 0.3) is 5.91 Å². The monoisotopic (exact) mass is 487 g/mol. The van der Waals surface area contributed by atoms with Gasteiger partial charge in [-0.25, -0.2) is 22.1 Å². The first-order valence-corrected chi connectivity index (χ1v) is 12.1. The molecule has 0 bridgehead atoms. The first kappa shape index (κ1) is 23.4. The van der Waals surface area contributed by atoms with Crippen molar-refractivity contribution in [2.45, 2.75) is 13.5 Å². The second kappa shape index (κ2) is 9.21. The van der Waals surface area contributed by atoms with Gasteiger partial charge in [0.1, 0.15) is 17.9 Å². The lowest BCUT2D eigenvalue weighted by Crippen LogP contribution is -2.38. The zero-order valence-corrected chi connectivity index (χ0v) is 19.0. The quantitative estimate of drug-likeness (QED) is 0.556. The largest absolute Gasteiger partial charge is 0.504 e. The summed E-state index contributed by atoms with van der Waals surface area (Å²) < 4.78 is 40.1. The van der Waals surface area contributed by atoms with E-state index in [2.05, 4.69) is 15.3 Å². The van der Waals surface area contributed by atoms with Crippen LogP contribution in [0, 0.1) is 5.82 Å². The minimum atomic E-state index is -3.96. The van der Waals surface area contributed by atoms with E-state index in [0.717, 1.165) is 4.31 Å². The molecule has 10 nitrogen and oxygen atoms in total. The third kappa shape index (κ3) is 4.49. The minimum Gasteiger partial charge on any atom is -0.504 e. The fourth-order valence-electron chi connectivity index (χ4n) is 3.65. The maximum atomic E-state index is 13.1. The van der Waals surface area contributed by atoms with Crippen LogP contribution in [-0.2, 0) is 21.4 Å². The number of amides is 2. The molecule has 4 rings (SSSR count). The summed E-state index contributed by atoms with van der Waals surface area (Å²) in [5, 5.41) is 13.5. The van der Waals surface area contributed by atoms with Gasteiger partial charge >= 0.3 is 0 Å². The van der Waals surface area contributed by atoms with Gasteiger partial charge < -0.3 is 15.3 Å². The Hall–Kier alpha value is -3.80. The number of hydrogen-bond acceptors (Lipinski definition) is 7. The van der Waals surface area contributed by atoms with E-state index < -0.39 is 45.6 Å². The lowest BCUT2D eigenvalue weighted by atomic mass is 10.1. The van der Waals surface area contributed by atoms with E-state index in [-0.39, 0.29) is 35.6 Å². The van der Waals surface area contributed by atoms with Gasteiger partial charge in [0.15, 0.2) is 17.3 Å². The van der Waals surface area contributed by atoms with Crippen molar-refractivity contribution in [3.63, 3.8) is 0 Å². The number of anilines is 1. The van der Waals surface area contributed by atoms with Crippen molar-refractivity contribution in [1.82, 2.24) is 20.2 Å². The van der Waals surface area contributed by atoms with Crippen molar-refractivity contribution < 1.29 is 27.5 Å². The highest BCUT2D eigenvalue weighted by Crippen LogP contribution is 2.34. The Kier molecular flexibility index (Phi) is 6.33. The number of rotatable bonds is 5. The molecule has 1 fully saturated rings. The van der Waals surface area contributed by atoms with E-state index in [0.29, 0.717) is 12.1 Å². The Morgan fingerprint density at radius 1 is 1.24 bits per heavy atom.